The van der Waals surface area contributed by atoms with E-state index in [1.165, 1.54) is 11.1 Å². The number of para-hydroxylation sites is 1. The Bertz CT molecular complexity index is 520. The molecule has 0 unspecified atom stereocenters. The Morgan fingerprint density at radius 1 is 1.04 bits per heavy atom. The Balaban J connectivity index is 2.04. The second-order valence-corrected chi connectivity index (χ2v) is 7.29. The van der Waals surface area contributed by atoms with Crippen LogP contribution in [0.3, 0.4) is 0 Å². The largest absolute Gasteiger partial charge is 0.376 e. The first-order valence-corrected chi connectivity index (χ1v) is 9.30. The standard InChI is InChI=1S/C20H33N3O/c1-6-22-10-12-23(13-11-22)19(24)14-21-20-17(15(2)3)8-7-9-18(20)16(4)5/h7-9,15-16,21H,6,10-14H2,1-5H3. The van der Waals surface area contributed by atoms with Gasteiger partial charge in [0.2, 0.25) is 5.91 Å². The fourth-order valence-electron chi connectivity index (χ4n) is 3.34. The maximum absolute atomic E-state index is 12.6. The SMILES string of the molecule is CCN1CCN(C(=O)CNc2c(C(C)C)cccc2C(C)C)CC1. The second kappa shape index (κ2) is 8.52. The van der Waals surface area contributed by atoms with E-state index in [4.69, 9.17) is 0 Å². The van der Waals surface area contributed by atoms with Crippen LogP contribution in [0.25, 0.3) is 0 Å². The van der Waals surface area contributed by atoms with Gasteiger partial charge in [-0.25, -0.2) is 0 Å². The van der Waals surface area contributed by atoms with Crippen molar-refractivity contribution in [3.05, 3.63) is 29.3 Å². The summed E-state index contributed by atoms with van der Waals surface area (Å²) in [6.07, 6.45) is 0. The molecule has 4 heteroatoms. The zero-order valence-corrected chi connectivity index (χ0v) is 15.9. The fraction of sp³-hybridized carbons (Fsp3) is 0.650. The van der Waals surface area contributed by atoms with Crippen molar-refractivity contribution in [1.29, 1.82) is 0 Å². The zero-order chi connectivity index (χ0) is 17.7. The summed E-state index contributed by atoms with van der Waals surface area (Å²) in [7, 11) is 0. The summed E-state index contributed by atoms with van der Waals surface area (Å²) >= 11 is 0. The van der Waals surface area contributed by atoms with Gasteiger partial charge in [-0.3, -0.25) is 4.79 Å². The van der Waals surface area contributed by atoms with E-state index >= 15 is 0 Å². The number of hydrogen-bond donors (Lipinski definition) is 1. The lowest BCUT2D eigenvalue weighted by Crippen LogP contribution is -2.49. The molecule has 0 bridgehead atoms. The smallest absolute Gasteiger partial charge is 0.241 e. The van der Waals surface area contributed by atoms with Gasteiger partial charge in [-0.15, -0.1) is 0 Å². The Morgan fingerprint density at radius 2 is 1.58 bits per heavy atom. The predicted molar refractivity (Wildman–Crippen MR) is 102 cm³/mol. The first-order valence-electron chi connectivity index (χ1n) is 9.30. The third-order valence-corrected chi connectivity index (χ3v) is 4.96. The average Bonchev–Trinajstić information content (AvgIpc) is 2.59. The van der Waals surface area contributed by atoms with Crippen LogP contribution in [0.1, 0.15) is 57.6 Å². The van der Waals surface area contributed by atoms with Gasteiger partial charge in [-0.2, -0.15) is 0 Å². The van der Waals surface area contributed by atoms with Gasteiger partial charge >= 0.3 is 0 Å². The molecule has 24 heavy (non-hydrogen) atoms. The number of rotatable bonds is 6. The zero-order valence-electron chi connectivity index (χ0n) is 15.9. The van der Waals surface area contributed by atoms with Crippen LogP contribution in [0, 0.1) is 0 Å². The summed E-state index contributed by atoms with van der Waals surface area (Å²) in [5, 5.41) is 3.46. The number of hydrogen-bond acceptors (Lipinski definition) is 3. The van der Waals surface area contributed by atoms with Crippen LogP contribution in [0.15, 0.2) is 18.2 Å². The van der Waals surface area contributed by atoms with Gasteiger partial charge in [0.1, 0.15) is 0 Å². The van der Waals surface area contributed by atoms with E-state index in [9.17, 15) is 4.79 Å². The number of nitrogens with zero attached hydrogens (tertiary/aromatic N) is 2. The summed E-state index contributed by atoms with van der Waals surface area (Å²) in [5.74, 6) is 1.09. The molecule has 1 aromatic rings. The highest BCUT2D eigenvalue weighted by molar-refractivity contribution is 5.81. The number of benzene rings is 1. The summed E-state index contributed by atoms with van der Waals surface area (Å²) in [6, 6.07) is 6.47. The van der Waals surface area contributed by atoms with E-state index in [-0.39, 0.29) is 5.91 Å². The maximum atomic E-state index is 12.6. The fourth-order valence-corrected chi connectivity index (χ4v) is 3.34. The molecule has 0 atom stereocenters. The molecular formula is C20H33N3O. The summed E-state index contributed by atoms with van der Waals surface area (Å²) in [4.78, 5) is 17.0. The van der Waals surface area contributed by atoms with Gasteiger partial charge in [0, 0.05) is 31.9 Å². The average molecular weight is 332 g/mol. The highest BCUT2D eigenvalue weighted by Gasteiger charge is 2.21. The highest BCUT2D eigenvalue weighted by Crippen LogP contribution is 2.32. The van der Waals surface area contributed by atoms with E-state index in [1.54, 1.807) is 0 Å². The molecule has 0 aliphatic carbocycles. The molecule has 1 aromatic carbocycles. The minimum Gasteiger partial charge on any atom is -0.376 e. The number of nitrogens with one attached hydrogen (secondary N) is 1. The monoisotopic (exact) mass is 331 g/mol. The summed E-state index contributed by atoms with van der Waals surface area (Å²) in [6.45, 7) is 16.1. The first kappa shape index (κ1) is 18.8. The summed E-state index contributed by atoms with van der Waals surface area (Å²) in [5.41, 5.74) is 3.75. The molecule has 2 rings (SSSR count). The van der Waals surface area contributed by atoms with Crippen LogP contribution in [-0.2, 0) is 4.79 Å². The minimum atomic E-state index is 0.207. The quantitative estimate of drug-likeness (QED) is 0.866. The Morgan fingerprint density at radius 3 is 2.04 bits per heavy atom. The van der Waals surface area contributed by atoms with Crippen LogP contribution in [0.2, 0.25) is 0 Å². The number of amides is 1. The lowest BCUT2D eigenvalue weighted by molar-refractivity contribution is -0.131. The second-order valence-electron chi connectivity index (χ2n) is 7.29. The van der Waals surface area contributed by atoms with E-state index < -0.39 is 0 Å². The minimum absolute atomic E-state index is 0.207. The predicted octanol–water partition coefficient (Wildman–Crippen LogP) is 3.51. The molecule has 1 aliphatic rings. The number of likely N-dealkylation sites (N-methyl/N-ethyl adjacent to an activating group) is 1. The van der Waals surface area contributed by atoms with Crippen molar-refractivity contribution < 1.29 is 4.79 Å². The molecule has 1 fully saturated rings. The topological polar surface area (TPSA) is 35.6 Å². The lowest BCUT2D eigenvalue weighted by atomic mass is 9.92. The Kier molecular flexibility index (Phi) is 6.67. The summed E-state index contributed by atoms with van der Waals surface area (Å²) < 4.78 is 0. The number of carbonyl (C=O) groups is 1. The van der Waals surface area contributed by atoms with E-state index in [0.717, 1.165) is 38.4 Å². The van der Waals surface area contributed by atoms with Crippen molar-refractivity contribution in [3.63, 3.8) is 0 Å². The molecule has 1 amide bonds. The molecule has 0 aromatic heterocycles. The molecule has 1 N–H and O–H groups in total. The van der Waals surface area contributed by atoms with Crippen molar-refractivity contribution in [1.82, 2.24) is 9.80 Å². The normalized spacial score (nSPS) is 16.0. The van der Waals surface area contributed by atoms with Crippen LogP contribution in [-0.4, -0.2) is 55.0 Å². The first-order chi connectivity index (χ1) is 11.4. The number of carbonyl (C=O) groups excluding carboxylic acids is 1. The van der Waals surface area contributed by atoms with E-state index in [2.05, 4.69) is 63.0 Å². The molecule has 1 saturated heterocycles. The lowest BCUT2D eigenvalue weighted by Gasteiger charge is -2.34. The van der Waals surface area contributed by atoms with Gasteiger partial charge in [-0.05, 0) is 29.5 Å². The third kappa shape index (κ3) is 4.50. The van der Waals surface area contributed by atoms with Gasteiger partial charge in [-0.1, -0.05) is 52.8 Å². The molecule has 1 heterocycles. The molecule has 0 radical (unpaired) electrons. The van der Waals surface area contributed by atoms with Crippen LogP contribution in [0.5, 0.6) is 0 Å². The third-order valence-electron chi connectivity index (χ3n) is 4.96. The number of anilines is 1. The van der Waals surface area contributed by atoms with Crippen molar-refractivity contribution in [2.75, 3.05) is 44.6 Å². The van der Waals surface area contributed by atoms with Crippen molar-refractivity contribution in [3.8, 4) is 0 Å². The van der Waals surface area contributed by atoms with Gasteiger partial charge in [0.25, 0.3) is 0 Å². The van der Waals surface area contributed by atoms with E-state index in [1.807, 2.05) is 4.90 Å². The van der Waals surface area contributed by atoms with Gasteiger partial charge < -0.3 is 15.1 Å². The molecule has 134 valence electrons. The Hall–Kier alpha value is -1.55. The molecule has 0 spiro atoms. The Labute approximate surface area is 147 Å². The number of piperazine rings is 1. The van der Waals surface area contributed by atoms with Crippen molar-refractivity contribution >= 4 is 11.6 Å². The van der Waals surface area contributed by atoms with Crippen molar-refractivity contribution in [2.45, 2.75) is 46.5 Å². The highest BCUT2D eigenvalue weighted by atomic mass is 16.2. The van der Waals surface area contributed by atoms with Crippen LogP contribution >= 0.6 is 0 Å². The van der Waals surface area contributed by atoms with Gasteiger partial charge in [0.05, 0.1) is 6.54 Å². The van der Waals surface area contributed by atoms with Crippen LogP contribution in [0.4, 0.5) is 5.69 Å². The molecule has 1 aliphatic heterocycles. The molecule has 0 saturated carbocycles. The van der Waals surface area contributed by atoms with Crippen molar-refractivity contribution in [2.24, 2.45) is 0 Å². The van der Waals surface area contributed by atoms with E-state index in [0.29, 0.717) is 18.4 Å². The molecule has 4 nitrogen and oxygen atoms in total. The van der Waals surface area contributed by atoms with Crippen LogP contribution < -0.4 is 5.32 Å². The maximum Gasteiger partial charge on any atom is 0.241 e. The molecular weight excluding hydrogens is 298 g/mol. The van der Waals surface area contributed by atoms with Gasteiger partial charge in [0.15, 0.2) is 0 Å².